The molecule has 0 bridgehead atoms. The molecule has 3 rings (SSSR count). The van der Waals surface area contributed by atoms with Gasteiger partial charge in [-0.1, -0.05) is 0 Å². The third kappa shape index (κ3) is 4.54. The lowest BCUT2D eigenvalue weighted by atomic mass is 10.0. The molecule has 0 saturated carbocycles. The quantitative estimate of drug-likeness (QED) is 0.826. The topological polar surface area (TPSA) is 88.3 Å². The highest BCUT2D eigenvalue weighted by Crippen LogP contribution is 2.23. The van der Waals surface area contributed by atoms with Gasteiger partial charge in [0.2, 0.25) is 0 Å². The second-order valence-corrected chi connectivity index (χ2v) is 7.93. The van der Waals surface area contributed by atoms with Crippen LogP contribution >= 0.6 is 11.3 Å². The van der Waals surface area contributed by atoms with Crippen LogP contribution in [-0.2, 0) is 6.42 Å². The minimum Gasteiger partial charge on any atom is -0.336 e. The van der Waals surface area contributed by atoms with Crippen molar-refractivity contribution in [3.63, 3.8) is 0 Å². The van der Waals surface area contributed by atoms with Gasteiger partial charge in [0, 0.05) is 35.6 Å². The minimum atomic E-state index is -0.249. The number of benzene rings is 1. The van der Waals surface area contributed by atoms with E-state index in [1.54, 1.807) is 17.5 Å². The Bertz CT molecular complexity index is 833. The van der Waals surface area contributed by atoms with Crippen molar-refractivity contribution in [2.24, 2.45) is 5.73 Å². The van der Waals surface area contributed by atoms with E-state index in [2.05, 4.69) is 17.2 Å². The summed E-state index contributed by atoms with van der Waals surface area (Å²) in [5.41, 5.74) is 8.13. The van der Waals surface area contributed by atoms with Gasteiger partial charge in [-0.2, -0.15) is 0 Å². The van der Waals surface area contributed by atoms with Gasteiger partial charge in [-0.25, -0.2) is 4.98 Å². The Morgan fingerprint density at radius 3 is 2.89 bits per heavy atom. The number of hydrogen-bond acceptors (Lipinski definition) is 5. The number of thiazole rings is 1. The predicted molar refractivity (Wildman–Crippen MR) is 108 cm³/mol. The first-order chi connectivity index (χ1) is 13.0. The van der Waals surface area contributed by atoms with E-state index < -0.39 is 0 Å². The van der Waals surface area contributed by atoms with Crippen LogP contribution in [-0.4, -0.2) is 40.8 Å². The van der Waals surface area contributed by atoms with Gasteiger partial charge in [-0.3, -0.25) is 9.59 Å². The molecule has 1 atom stereocenters. The highest BCUT2D eigenvalue weighted by Gasteiger charge is 2.24. The predicted octanol–water partition coefficient (Wildman–Crippen LogP) is 3.22. The second kappa shape index (κ2) is 8.63. The average molecular weight is 387 g/mol. The zero-order chi connectivity index (χ0) is 19.4. The van der Waals surface area contributed by atoms with Crippen molar-refractivity contribution in [1.29, 1.82) is 0 Å². The smallest absolute Gasteiger partial charge is 0.275 e. The number of carbonyl (C=O) groups is 2. The molecule has 7 heteroatoms. The number of hydrogen-bond donors (Lipinski definition) is 2. The van der Waals surface area contributed by atoms with E-state index in [4.69, 9.17) is 5.73 Å². The van der Waals surface area contributed by atoms with Crippen LogP contribution in [0, 0.1) is 6.92 Å². The number of rotatable bonds is 5. The molecule has 1 aliphatic heterocycles. The lowest BCUT2D eigenvalue weighted by Crippen LogP contribution is -2.42. The maximum absolute atomic E-state index is 12.8. The summed E-state index contributed by atoms with van der Waals surface area (Å²) in [5, 5.41) is 5.48. The number of piperidine rings is 1. The fourth-order valence-corrected chi connectivity index (χ4v) is 4.14. The zero-order valence-corrected chi connectivity index (χ0v) is 16.6. The molecular weight excluding hydrogens is 360 g/mol. The molecule has 144 valence electrons. The Labute approximate surface area is 163 Å². The van der Waals surface area contributed by atoms with Crippen LogP contribution in [0.4, 0.5) is 5.69 Å². The Hall–Kier alpha value is -2.25. The van der Waals surface area contributed by atoms with Gasteiger partial charge in [0.05, 0.1) is 5.01 Å². The van der Waals surface area contributed by atoms with E-state index in [0.717, 1.165) is 30.0 Å². The molecule has 3 N–H and O–H groups in total. The van der Waals surface area contributed by atoms with Crippen LogP contribution in [0.1, 0.15) is 57.6 Å². The molecular formula is C20H26N4O2S. The van der Waals surface area contributed by atoms with E-state index in [1.807, 2.05) is 17.9 Å². The summed E-state index contributed by atoms with van der Waals surface area (Å²) in [6.07, 6.45) is 3.96. The molecule has 1 unspecified atom stereocenters. The molecule has 1 fully saturated rings. The van der Waals surface area contributed by atoms with Gasteiger partial charge in [-0.15, -0.1) is 11.3 Å². The van der Waals surface area contributed by atoms with Crippen LogP contribution in [0.5, 0.6) is 0 Å². The fraction of sp³-hybridized carbons (Fsp3) is 0.450. The molecule has 2 amide bonds. The second-order valence-electron chi connectivity index (χ2n) is 6.99. The summed E-state index contributed by atoms with van der Waals surface area (Å²) in [7, 11) is 0. The Morgan fingerprint density at radius 1 is 1.37 bits per heavy atom. The number of likely N-dealkylation sites (tertiary alicyclic amines) is 1. The van der Waals surface area contributed by atoms with Gasteiger partial charge in [0.25, 0.3) is 11.8 Å². The van der Waals surface area contributed by atoms with Crippen molar-refractivity contribution in [1.82, 2.24) is 9.88 Å². The number of aryl methyl sites for hydroxylation is 1. The van der Waals surface area contributed by atoms with Crippen molar-refractivity contribution in [3.05, 3.63) is 45.4 Å². The van der Waals surface area contributed by atoms with Gasteiger partial charge in [0.1, 0.15) is 5.69 Å². The first kappa shape index (κ1) is 19.5. The van der Waals surface area contributed by atoms with Crippen molar-refractivity contribution in [2.45, 2.75) is 45.6 Å². The van der Waals surface area contributed by atoms with Gasteiger partial charge >= 0.3 is 0 Å². The molecule has 27 heavy (non-hydrogen) atoms. The molecule has 1 aromatic heterocycles. The number of carbonyl (C=O) groups excluding carboxylic acids is 2. The maximum Gasteiger partial charge on any atom is 0.275 e. The minimum absolute atomic E-state index is 0.0640. The van der Waals surface area contributed by atoms with Crippen LogP contribution in [0.15, 0.2) is 23.6 Å². The summed E-state index contributed by atoms with van der Waals surface area (Å²) in [6.45, 7) is 5.32. The van der Waals surface area contributed by atoms with Gasteiger partial charge in [-0.05, 0) is 63.4 Å². The highest BCUT2D eigenvalue weighted by molar-refractivity contribution is 7.09. The van der Waals surface area contributed by atoms with E-state index in [0.29, 0.717) is 29.9 Å². The normalized spacial score (nSPS) is 17.0. The number of aromatic nitrogens is 1. The third-order valence-corrected chi connectivity index (χ3v) is 5.84. The molecule has 2 heterocycles. The SMILES string of the molecule is Cc1cc(C(=O)N2CCCCC2C)ccc1NC(=O)c1csc(CCN)n1. The summed E-state index contributed by atoms with van der Waals surface area (Å²) in [5.74, 6) is -0.185. The fourth-order valence-electron chi connectivity index (χ4n) is 3.34. The summed E-state index contributed by atoms with van der Waals surface area (Å²) in [4.78, 5) is 31.5. The molecule has 1 aromatic carbocycles. The van der Waals surface area contributed by atoms with Gasteiger partial charge < -0.3 is 16.0 Å². The molecule has 0 radical (unpaired) electrons. The monoisotopic (exact) mass is 386 g/mol. The molecule has 1 saturated heterocycles. The van der Waals surface area contributed by atoms with Gasteiger partial charge in [0.15, 0.2) is 0 Å². The summed E-state index contributed by atoms with van der Waals surface area (Å²) >= 11 is 1.44. The van der Waals surface area contributed by atoms with Crippen LogP contribution in [0.3, 0.4) is 0 Å². The first-order valence-corrected chi connectivity index (χ1v) is 10.2. The summed E-state index contributed by atoms with van der Waals surface area (Å²) in [6, 6.07) is 5.70. The van der Waals surface area contributed by atoms with Crippen molar-refractivity contribution in [3.8, 4) is 0 Å². The molecule has 1 aliphatic rings. The third-order valence-electron chi connectivity index (χ3n) is 4.93. The molecule has 0 aliphatic carbocycles. The Balaban J connectivity index is 1.70. The number of nitrogens with one attached hydrogen (secondary N) is 1. The standard InChI is InChI=1S/C20H26N4O2S/c1-13-11-15(20(26)24-10-4-3-5-14(24)2)6-7-16(13)23-19(25)17-12-27-18(22-17)8-9-21/h6-7,11-12,14H,3-5,8-10,21H2,1-2H3,(H,23,25). The number of amides is 2. The number of nitrogens with two attached hydrogens (primary N) is 1. The van der Waals surface area contributed by atoms with Crippen LogP contribution in [0.2, 0.25) is 0 Å². The summed E-state index contributed by atoms with van der Waals surface area (Å²) < 4.78 is 0. The lowest BCUT2D eigenvalue weighted by Gasteiger charge is -2.33. The first-order valence-electron chi connectivity index (χ1n) is 9.37. The van der Waals surface area contributed by atoms with Crippen molar-refractivity contribution >= 4 is 28.8 Å². The largest absolute Gasteiger partial charge is 0.336 e. The molecule has 0 spiro atoms. The zero-order valence-electron chi connectivity index (χ0n) is 15.8. The van der Waals surface area contributed by atoms with E-state index >= 15 is 0 Å². The number of anilines is 1. The van der Waals surface area contributed by atoms with Crippen molar-refractivity contribution in [2.75, 3.05) is 18.4 Å². The molecule has 2 aromatic rings. The Morgan fingerprint density at radius 2 is 2.19 bits per heavy atom. The number of nitrogens with zero attached hydrogens (tertiary/aromatic N) is 2. The lowest BCUT2D eigenvalue weighted by molar-refractivity contribution is 0.0635. The van der Waals surface area contributed by atoms with Crippen LogP contribution < -0.4 is 11.1 Å². The molecule has 6 nitrogen and oxygen atoms in total. The van der Waals surface area contributed by atoms with E-state index in [1.165, 1.54) is 17.8 Å². The average Bonchev–Trinajstić information content (AvgIpc) is 3.12. The van der Waals surface area contributed by atoms with E-state index in [-0.39, 0.29) is 17.9 Å². The van der Waals surface area contributed by atoms with Crippen molar-refractivity contribution < 1.29 is 9.59 Å². The highest BCUT2D eigenvalue weighted by atomic mass is 32.1. The maximum atomic E-state index is 12.8. The van der Waals surface area contributed by atoms with Crippen LogP contribution in [0.25, 0.3) is 0 Å². The Kier molecular flexibility index (Phi) is 6.23. The van der Waals surface area contributed by atoms with E-state index in [9.17, 15) is 9.59 Å².